The molecule has 1 aliphatic carbocycles. The Morgan fingerprint density at radius 3 is 2.53 bits per heavy atom. The molecule has 1 fully saturated rings. The molecule has 0 unspecified atom stereocenters. The minimum Gasteiger partial charge on any atom is -0.325 e. The predicted octanol–water partition coefficient (Wildman–Crippen LogP) is 4.13. The summed E-state index contributed by atoms with van der Waals surface area (Å²) in [5, 5.41) is 2.33. The number of para-hydroxylation sites is 3. The maximum absolute atomic E-state index is 13.2. The molecular formula is C21H17F3N4O2. The smallest absolute Gasteiger partial charge is 0.325 e. The van der Waals surface area contributed by atoms with Gasteiger partial charge in [0.1, 0.15) is 6.04 Å². The van der Waals surface area contributed by atoms with E-state index in [1.54, 1.807) is 9.47 Å². The molecule has 2 heterocycles. The third-order valence-corrected chi connectivity index (χ3v) is 5.42. The molecular weight excluding hydrogens is 397 g/mol. The lowest BCUT2D eigenvalue weighted by Crippen LogP contribution is -2.33. The van der Waals surface area contributed by atoms with E-state index < -0.39 is 23.7 Å². The first-order valence-electron chi connectivity index (χ1n) is 9.60. The standard InChI is InChI=1S/C21H17F3N4O2/c22-21(23,24)13-5-1-2-6-14(13)25-18(29)11-17-19(30)27(12-9-10-12)20-26-15-7-3-4-8-16(15)28(17)20/h1-8,12,17H,9-11H2,(H,25,29)/t17-/m1/s1. The van der Waals surface area contributed by atoms with Crippen molar-refractivity contribution in [1.82, 2.24) is 9.55 Å². The molecule has 1 N–H and O–H groups in total. The third-order valence-electron chi connectivity index (χ3n) is 5.42. The van der Waals surface area contributed by atoms with Gasteiger partial charge in [-0.3, -0.25) is 19.1 Å². The van der Waals surface area contributed by atoms with Gasteiger partial charge in [0, 0.05) is 6.04 Å². The van der Waals surface area contributed by atoms with Crippen molar-refractivity contribution in [2.45, 2.75) is 37.5 Å². The van der Waals surface area contributed by atoms with Crippen LogP contribution in [-0.4, -0.2) is 27.4 Å². The van der Waals surface area contributed by atoms with E-state index in [4.69, 9.17) is 0 Å². The topological polar surface area (TPSA) is 67.2 Å². The summed E-state index contributed by atoms with van der Waals surface area (Å²) < 4.78 is 41.4. The number of nitrogens with zero attached hydrogens (tertiary/aromatic N) is 3. The zero-order chi connectivity index (χ0) is 21.0. The van der Waals surface area contributed by atoms with Crippen LogP contribution in [0.2, 0.25) is 0 Å². The van der Waals surface area contributed by atoms with Crippen LogP contribution in [0.15, 0.2) is 48.5 Å². The molecule has 154 valence electrons. The normalized spacial score (nSPS) is 18.7. The third kappa shape index (κ3) is 3.01. The Hall–Kier alpha value is -3.36. The van der Waals surface area contributed by atoms with Crippen LogP contribution in [0.4, 0.5) is 24.8 Å². The molecule has 1 aromatic heterocycles. The minimum atomic E-state index is -4.59. The van der Waals surface area contributed by atoms with Crippen molar-refractivity contribution in [2.24, 2.45) is 0 Å². The average molecular weight is 414 g/mol. The largest absolute Gasteiger partial charge is 0.418 e. The highest BCUT2D eigenvalue weighted by atomic mass is 19.4. The van der Waals surface area contributed by atoms with E-state index in [2.05, 4.69) is 10.3 Å². The summed E-state index contributed by atoms with van der Waals surface area (Å²) >= 11 is 0. The number of imidazole rings is 1. The number of hydrogen-bond donors (Lipinski definition) is 1. The zero-order valence-corrected chi connectivity index (χ0v) is 15.7. The lowest BCUT2D eigenvalue weighted by Gasteiger charge is -2.16. The number of hydrogen-bond acceptors (Lipinski definition) is 3. The maximum Gasteiger partial charge on any atom is 0.418 e. The van der Waals surface area contributed by atoms with Gasteiger partial charge < -0.3 is 5.32 Å². The number of halogens is 3. The van der Waals surface area contributed by atoms with Gasteiger partial charge in [0.2, 0.25) is 11.9 Å². The molecule has 2 aromatic carbocycles. The molecule has 1 saturated carbocycles. The Bertz CT molecular complexity index is 1170. The predicted molar refractivity (Wildman–Crippen MR) is 104 cm³/mol. The van der Waals surface area contributed by atoms with Crippen molar-refractivity contribution in [3.05, 3.63) is 54.1 Å². The summed E-state index contributed by atoms with van der Waals surface area (Å²) in [6, 6.07) is 11.3. The van der Waals surface area contributed by atoms with E-state index in [1.165, 1.54) is 18.2 Å². The van der Waals surface area contributed by atoms with E-state index in [9.17, 15) is 22.8 Å². The number of amides is 2. The Morgan fingerprint density at radius 1 is 1.10 bits per heavy atom. The molecule has 0 radical (unpaired) electrons. The molecule has 0 spiro atoms. The molecule has 1 aliphatic heterocycles. The first-order chi connectivity index (χ1) is 14.3. The van der Waals surface area contributed by atoms with Crippen LogP contribution in [-0.2, 0) is 15.8 Å². The Morgan fingerprint density at radius 2 is 1.80 bits per heavy atom. The SMILES string of the molecule is O=C(C[C@@H]1C(=O)N(C2CC2)c2nc3ccccc3n21)Nc1ccccc1C(F)(F)F. The molecule has 30 heavy (non-hydrogen) atoms. The van der Waals surface area contributed by atoms with Gasteiger partial charge in [0.05, 0.1) is 28.7 Å². The lowest BCUT2D eigenvalue weighted by atomic mass is 10.1. The summed E-state index contributed by atoms with van der Waals surface area (Å²) in [5.41, 5.74) is 0.177. The van der Waals surface area contributed by atoms with E-state index in [-0.39, 0.29) is 24.1 Å². The van der Waals surface area contributed by atoms with Crippen LogP contribution in [0.25, 0.3) is 11.0 Å². The molecule has 0 bridgehead atoms. The van der Waals surface area contributed by atoms with Crippen LogP contribution in [0.5, 0.6) is 0 Å². The summed E-state index contributed by atoms with van der Waals surface area (Å²) in [6.07, 6.45) is -3.13. The fraction of sp³-hybridized carbons (Fsp3) is 0.286. The molecule has 1 atom stereocenters. The van der Waals surface area contributed by atoms with Gasteiger partial charge in [-0.1, -0.05) is 24.3 Å². The van der Waals surface area contributed by atoms with Gasteiger partial charge in [0.25, 0.3) is 5.91 Å². The Labute approximate surface area is 169 Å². The number of fused-ring (bicyclic) bond motifs is 3. The van der Waals surface area contributed by atoms with Gasteiger partial charge >= 0.3 is 6.18 Å². The van der Waals surface area contributed by atoms with Crippen LogP contribution < -0.4 is 10.2 Å². The van der Waals surface area contributed by atoms with Crippen LogP contribution in [0.1, 0.15) is 30.9 Å². The van der Waals surface area contributed by atoms with Gasteiger partial charge in [-0.05, 0) is 37.1 Å². The van der Waals surface area contributed by atoms with E-state index in [1.807, 2.05) is 24.3 Å². The van der Waals surface area contributed by atoms with Crippen LogP contribution >= 0.6 is 0 Å². The van der Waals surface area contributed by atoms with Crippen molar-refractivity contribution in [3.63, 3.8) is 0 Å². The highest BCUT2D eigenvalue weighted by Crippen LogP contribution is 2.42. The minimum absolute atomic E-state index is 0.0621. The molecule has 3 aromatic rings. The second-order valence-electron chi connectivity index (χ2n) is 7.52. The summed E-state index contributed by atoms with van der Waals surface area (Å²) in [7, 11) is 0. The number of aromatic nitrogens is 2. The van der Waals surface area contributed by atoms with Gasteiger partial charge in [0.15, 0.2) is 0 Å². The van der Waals surface area contributed by atoms with Crippen molar-refractivity contribution in [1.29, 1.82) is 0 Å². The summed E-state index contributed by atoms with van der Waals surface area (Å²) in [6.45, 7) is 0. The highest BCUT2D eigenvalue weighted by Gasteiger charge is 2.47. The number of anilines is 2. The Kier molecular flexibility index (Phi) is 4.09. The second kappa shape index (κ2) is 6.58. The van der Waals surface area contributed by atoms with Gasteiger partial charge in [-0.2, -0.15) is 13.2 Å². The highest BCUT2D eigenvalue weighted by molar-refractivity contribution is 6.05. The van der Waals surface area contributed by atoms with Crippen LogP contribution in [0.3, 0.4) is 0 Å². The van der Waals surface area contributed by atoms with Crippen molar-refractivity contribution < 1.29 is 22.8 Å². The van der Waals surface area contributed by atoms with E-state index in [0.29, 0.717) is 11.5 Å². The lowest BCUT2D eigenvalue weighted by molar-refractivity contribution is -0.137. The van der Waals surface area contributed by atoms with Crippen molar-refractivity contribution in [2.75, 3.05) is 10.2 Å². The molecule has 0 saturated heterocycles. The second-order valence-corrected chi connectivity index (χ2v) is 7.52. The number of rotatable bonds is 4. The van der Waals surface area contributed by atoms with Gasteiger partial charge in [-0.15, -0.1) is 0 Å². The summed E-state index contributed by atoms with van der Waals surface area (Å²) in [5.74, 6) is -0.409. The van der Waals surface area contributed by atoms with E-state index in [0.717, 1.165) is 24.4 Å². The number of alkyl halides is 3. The average Bonchev–Trinajstić information content (AvgIpc) is 3.40. The number of nitrogens with one attached hydrogen (secondary N) is 1. The quantitative estimate of drug-likeness (QED) is 0.698. The fourth-order valence-corrected chi connectivity index (χ4v) is 3.95. The first-order valence-corrected chi connectivity index (χ1v) is 9.60. The fourth-order valence-electron chi connectivity index (χ4n) is 3.95. The van der Waals surface area contributed by atoms with Crippen LogP contribution in [0, 0.1) is 0 Å². The summed E-state index contributed by atoms with van der Waals surface area (Å²) in [4.78, 5) is 31.9. The van der Waals surface area contributed by atoms with Gasteiger partial charge in [-0.25, -0.2) is 4.98 Å². The number of carbonyl (C=O) groups is 2. The zero-order valence-electron chi connectivity index (χ0n) is 15.7. The molecule has 2 aliphatic rings. The maximum atomic E-state index is 13.2. The molecule has 9 heteroatoms. The molecule has 5 rings (SSSR count). The number of benzene rings is 2. The van der Waals surface area contributed by atoms with Crippen molar-refractivity contribution >= 4 is 34.5 Å². The number of carbonyl (C=O) groups excluding carboxylic acids is 2. The Balaban J connectivity index is 1.46. The van der Waals surface area contributed by atoms with E-state index >= 15 is 0 Å². The molecule has 2 amide bonds. The first kappa shape index (κ1) is 18.7. The monoisotopic (exact) mass is 414 g/mol. The molecule has 6 nitrogen and oxygen atoms in total. The van der Waals surface area contributed by atoms with Crippen molar-refractivity contribution in [3.8, 4) is 0 Å².